The van der Waals surface area contributed by atoms with Crippen molar-refractivity contribution in [3.63, 3.8) is 0 Å². The first-order valence-electron chi connectivity index (χ1n) is 6.94. The van der Waals surface area contributed by atoms with Gasteiger partial charge in [-0.25, -0.2) is 4.79 Å². The summed E-state index contributed by atoms with van der Waals surface area (Å²) in [5.74, 6) is 0. The monoisotopic (exact) mass is 330 g/mol. The second-order valence-electron chi connectivity index (χ2n) is 6.05. The van der Waals surface area contributed by atoms with E-state index in [-0.39, 0.29) is 6.09 Å². The van der Waals surface area contributed by atoms with Gasteiger partial charge < -0.3 is 14.5 Å². The molecular formula is C15H20Cl2N2O2. The summed E-state index contributed by atoms with van der Waals surface area (Å²) >= 11 is 12.1. The normalized spacial score (nSPS) is 16.0. The Morgan fingerprint density at radius 2 is 1.76 bits per heavy atom. The fourth-order valence-electron chi connectivity index (χ4n) is 2.19. The van der Waals surface area contributed by atoms with Crippen LogP contribution in [0.15, 0.2) is 18.2 Å². The van der Waals surface area contributed by atoms with E-state index in [1.165, 1.54) is 0 Å². The molecule has 4 nitrogen and oxygen atoms in total. The van der Waals surface area contributed by atoms with Crippen molar-refractivity contribution in [3.8, 4) is 0 Å². The molecule has 1 fully saturated rings. The highest BCUT2D eigenvalue weighted by Crippen LogP contribution is 2.29. The Morgan fingerprint density at radius 1 is 1.14 bits per heavy atom. The molecule has 1 aromatic carbocycles. The average molecular weight is 331 g/mol. The minimum Gasteiger partial charge on any atom is -0.444 e. The second kappa shape index (κ2) is 6.32. The largest absolute Gasteiger partial charge is 0.444 e. The molecule has 0 spiro atoms. The highest BCUT2D eigenvalue weighted by atomic mass is 35.5. The lowest BCUT2D eigenvalue weighted by Gasteiger charge is -2.37. The van der Waals surface area contributed by atoms with Crippen LogP contribution in [0.1, 0.15) is 20.8 Å². The summed E-state index contributed by atoms with van der Waals surface area (Å²) < 4.78 is 5.38. The Bertz CT molecular complexity index is 521. The van der Waals surface area contributed by atoms with Gasteiger partial charge in [0.15, 0.2) is 0 Å². The lowest BCUT2D eigenvalue weighted by molar-refractivity contribution is 0.0240. The smallest absolute Gasteiger partial charge is 0.410 e. The third kappa shape index (κ3) is 4.42. The van der Waals surface area contributed by atoms with E-state index in [1.807, 2.05) is 32.9 Å². The van der Waals surface area contributed by atoms with Crippen molar-refractivity contribution in [1.29, 1.82) is 0 Å². The topological polar surface area (TPSA) is 32.8 Å². The molecule has 1 aliphatic heterocycles. The van der Waals surface area contributed by atoms with Gasteiger partial charge in [0.1, 0.15) is 5.60 Å². The molecule has 2 rings (SSSR count). The summed E-state index contributed by atoms with van der Waals surface area (Å²) in [4.78, 5) is 15.9. The number of piperazine rings is 1. The van der Waals surface area contributed by atoms with Gasteiger partial charge >= 0.3 is 6.09 Å². The molecule has 1 amide bonds. The summed E-state index contributed by atoms with van der Waals surface area (Å²) in [5, 5.41) is 1.25. The number of rotatable bonds is 1. The highest BCUT2D eigenvalue weighted by molar-refractivity contribution is 6.36. The molecule has 1 heterocycles. The Morgan fingerprint density at radius 3 is 2.29 bits per heavy atom. The lowest BCUT2D eigenvalue weighted by atomic mass is 10.2. The number of hydrogen-bond acceptors (Lipinski definition) is 3. The molecule has 21 heavy (non-hydrogen) atoms. The van der Waals surface area contributed by atoms with Gasteiger partial charge in [0, 0.05) is 31.2 Å². The SMILES string of the molecule is CC(C)(C)OC(=O)N1CCN(c2ccc(Cl)cc2Cl)CC1. The Kier molecular flexibility index (Phi) is 4.89. The van der Waals surface area contributed by atoms with Gasteiger partial charge in [-0.3, -0.25) is 0 Å². The zero-order chi connectivity index (χ0) is 15.6. The van der Waals surface area contributed by atoms with E-state index in [2.05, 4.69) is 4.90 Å². The van der Waals surface area contributed by atoms with Gasteiger partial charge in [0.05, 0.1) is 10.7 Å². The van der Waals surface area contributed by atoms with E-state index in [4.69, 9.17) is 27.9 Å². The molecule has 0 unspecified atom stereocenters. The van der Waals surface area contributed by atoms with Crippen molar-refractivity contribution >= 4 is 35.0 Å². The van der Waals surface area contributed by atoms with Crippen LogP contribution in [-0.2, 0) is 4.74 Å². The minimum atomic E-state index is -0.465. The van der Waals surface area contributed by atoms with Crippen LogP contribution < -0.4 is 4.90 Å². The third-order valence-electron chi connectivity index (χ3n) is 3.18. The summed E-state index contributed by atoms with van der Waals surface area (Å²) in [7, 11) is 0. The number of benzene rings is 1. The molecule has 0 bridgehead atoms. The van der Waals surface area contributed by atoms with Gasteiger partial charge in [-0.1, -0.05) is 23.2 Å². The number of halogens is 2. The number of ether oxygens (including phenoxy) is 1. The van der Waals surface area contributed by atoms with Crippen molar-refractivity contribution in [2.24, 2.45) is 0 Å². The van der Waals surface area contributed by atoms with Gasteiger partial charge in [-0.05, 0) is 39.0 Å². The first-order chi connectivity index (χ1) is 9.76. The standard InChI is InChI=1S/C15H20Cl2N2O2/c1-15(2,3)21-14(20)19-8-6-18(7-9-19)13-5-4-11(16)10-12(13)17/h4-5,10H,6-9H2,1-3H3. The van der Waals surface area contributed by atoms with E-state index in [0.29, 0.717) is 23.1 Å². The van der Waals surface area contributed by atoms with Crippen LogP contribution in [0.5, 0.6) is 0 Å². The predicted molar refractivity (Wildman–Crippen MR) is 86.5 cm³/mol. The van der Waals surface area contributed by atoms with E-state index in [1.54, 1.807) is 11.0 Å². The first kappa shape index (κ1) is 16.2. The highest BCUT2D eigenvalue weighted by Gasteiger charge is 2.26. The summed E-state index contributed by atoms with van der Waals surface area (Å²) in [6.07, 6.45) is -0.260. The van der Waals surface area contributed by atoms with Crippen molar-refractivity contribution in [1.82, 2.24) is 4.90 Å². The fourth-order valence-corrected chi connectivity index (χ4v) is 2.72. The predicted octanol–water partition coefficient (Wildman–Crippen LogP) is 4.05. The van der Waals surface area contributed by atoms with Crippen LogP contribution in [0.4, 0.5) is 10.5 Å². The molecule has 116 valence electrons. The maximum atomic E-state index is 12.0. The zero-order valence-corrected chi connectivity index (χ0v) is 14.0. The molecule has 0 N–H and O–H groups in total. The number of carbonyl (C=O) groups excluding carboxylic acids is 1. The second-order valence-corrected chi connectivity index (χ2v) is 6.89. The van der Waals surface area contributed by atoms with Crippen molar-refractivity contribution in [3.05, 3.63) is 28.2 Å². The third-order valence-corrected chi connectivity index (χ3v) is 3.72. The number of amides is 1. The van der Waals surface area contributed by atoms with Crippen LogP contribution in [0.25, 0.3) is 0 Å². The van der Waals surface area contributed by atoms with Crippen LogP contribution >= 0.6 is 23.2 Å². The quantitative estimate of drug-likeness (QED) is 0.778. The minimum absolute atomic E-state index is 0.260. The van der Waals surface area contributed by atoms with E-state index in [9.17, 15) is 4.79 Å². The average Bonchev–Trinajstić information content (AvgIpc) is 2.37. The summed E-state index contributed by atoms with van der Waals surface area (Å²) in [6.45, 7) is 8.29. The lowest BCUT2D eigenvalue weighted by Crippen LogP contribution is -2.50. The molecule has 0 radical (unpaired) electrons. The van der Waals surface area contributed by atoms with Crippen LogP contribution in [-0.4, -0.2) is 42.8 Å². The number of carbonyl (C=O) groups is 1. The molecule has 0 saturated carbocycles. The van der Waals surface area contributed by atoms with E-state index >= 15 is 0 Å². The molecular weight excluding hydrogens is 311 g/mol. The van der Waals surface area contributed by atoms with Crippen molar-refractivity contribution in [2.75, 3.05) is 31.1 Å². The Balaban J connectivity index is 1.95. The molecule has 1 aromatic rings. The molecule has 1 saturated heterocycles. The Labute approximate surface area is 135 Å². The fraction of sp³-hybridized carbons (Fsp3) is 0.533. The van der Waals surface area contributed by atoms with Crippen LogP contribution in [0.3, 0.4) is 0 Å². The number of nitrogens with zero attached hydrogens (tertiary/aromatic N) is 2. The van der Waals surface area contributed by atoms with Gasteiger partial charge in [0.2, 0.25) is 0 Å². The molecule has 0 aromatic heterocycles. The van der Waals surface area contributed by atoms with Gasteiger partial charge in [0.25, 0.3) is 0 Å². The van der Waals surface area contributed by atoms with Crippen molar-refractivity contribution in [2.45, 2.75) is 26.4 Å². The Hall–Kier alpha value is -1.13. The first-order valence-corrected chi connectivity index (χ1v) is 7.70. The molecule has 1 aliphatic rings. The maximum absolute atomic E-state index is 12.0. The van der Waals surface area contributed by atoms with Gasteiger partial charge in [-0.2, -0.15) is 0 Å². The maximum Gasteiger partial charge on any atom is 0.410 e. The molecule has 6 heteroatoms. The number of hydrogen-bond donors (Lipinski definition) is 0. The summed E-state index contributed by atoms with van der Waals surface area (Å²) in [6, 6.07) is 5.47. The van der Waals surface area contributed by atoms with E-state index < -0.39 is 5.60 Å². The summed E-state index contributed by atoms with van der Waals surface area (Å²) in [5.41, 5.74) is 0.484. The zero-order valence-electron chi connectivity index (χ0n) is 12.5. The molecule has 0 atom stereocenters. The molecule has 0 aliphatic carbocycles. The van der Waals surface area contributed by atoms with Gasteiger partial charge in [-0.15, -0.1) is 0 Å². The van der Waals surface area contributed by atoms with E-state index in [0.717, 1.165) is 18.8 Å². The number of anilines is 1. The van der Waals surface area contributed by atoms with Crippen LogP contribution in [0, 0.1) is 0 Å². The van der Waals surface area contributed by atoms with Crippen LogP contribution in [0.2, 0.25) is 10.0 Å². The van der Waals surface area contributed by atoms with Crippen molar-refractivity contribution < 1.29 is 9.53 Å².